The molecule has 1 aliphatic heterocycles. The maximum absolute atomic E-state index is 5.77. The van der Waals surface area contributed by atoms with Gasteiger partial charge in [-0.2, -0.15) is 0 Å². The third kappa shape index (κ3) is 2.77. The highest BCUT2D eigenvalue weighted by molar-refractivity contribution is 5.62. The fourth-order valence-electron chi connectivity index (χ4n) is 2.17. The van der Waals surface area contributed by atoms with Gasteiger partial charge in [0.15, 0.2) is 23.1 Å². The van der Waals surface area contributed by atoms with Crippen LogP contribution in [0.3, 0.4) is 0 Å². The number of benzene rings is 1. The van der Waals surface area contributed by atoms with Gasteiger partial charge >= 0.3 is 0 Å². The Kier molecular flexibility index (Phi) is 3.87. The highest BCUT2D eigenvalue weighted by Crippen LogP contribution is 2.34. The quantitative estimate of drug-likeness (QED) is 0.848. The van der Waals surface area contributed by atoms with E-state index in [0.717, 1.165) is 48.1 Å². The zero-order chi connectivity index (χ0) is 13.8. The molecule has 0 unspecified atom stereocenters. The van der Waals surface area contributed by atoms with Crippen molar-refractivity contribution in [1.82, 2.24) is 10.3 Å². The van der Waals surface area contributed by atoms with Crippen LogP contribution in [0.4, 0.5) is 0 Å². The number of oxazole rings is 1. The molecule has 0 aliphatic carbocycles. The van der Waals surface area contributed by atoms with Gasteiger partial charge in [-0.15, -0.1) is 0 Å². The molecule has 2 heterocycles. The highest BCUT2D eigenvalue weighted by Gasteiger charge is 2.14. The fourth-order valence-corrected chi connectivity index (χ4v) is 2.17. The Morgan fingerprint density at radius 2 is 2.05 bits per heavy atom. The smallest absolute Gasteiger partial charge is 0.194 e. The van der Waals surface area contributed by atoms with E-state index in [1.54, 1.807) is 6.20 Å². The van der Waals surface area contributed by atoms with Gasteiger partial charge in [-0.1, -0.05) is 0 Å². The van der Waals surface area contributed by atoms with Crippen LogP contribution < -0.4 is 14.8 Å². The van der Waals surface area contributed by atoms with Crippen molar-refractivity contribution in [2.75, 3.05) is 26.8 Å². The molecule has 0 fully saturated rings. The Balaban J connectivity index is 1.75. The summed E-state index contributed by atoms with van der Waals surface area (Å²) < 4.78 is 16.9. The summed E-state index contributed by atoms with van der Waals surface area (Å²) in [6.07, 6.45) is 3.61. The van der Waals surface area contributed by atoms with Crippen LogP contribution in [0.5, 0.6) is 11.5 Å². The summed E-state index contributed by atoms with van der Waals surface area (Å²) in [6.45, 7) is 2.15. The molecule has 106 valence electrons. The Hall–Kier alpha value is -2.01. The van der Waals surface area contributed by atoms with Crippen LogP contribution >= 0.6 is 0 Å². The summed E-state index contributed by atoms with van der Waals surface area (Å²) in [5.41, 5.74) is 0.960. The van der Waals surface area contributed by atoms with E-state index in [-0.39, 0.29) is 0 Å². The van der Waals surface area contributed by atoms with Crippen molar-refractivity contribution < 1.29 is 13.9 Å². The number of hydrogen-bond acceptors (Lipinski definition) is 5. The van der Waals surface area contributed by atoms with Gasteiger partial charge in [-0.25, -0.2) is 4.98 Å². The van der Waals surface area contributed by atoms with Crippen molar-refractivity contribution in [2.45, 2.75) is 12.8 Å². The van der Waals surface area contributed by atoms with E-state index in [4.69, 9.17) is 13.9 Å². The first-order chi connectivity index (χ1) is 9.86. The van der Waals surface area contributed by atoms with Crippen LogP contribution in [0.25, 0.3) is 11.3 Å². The summed E-state index contributed by atoms with van der Waals surface area (Å²) in [5.74, 6) is 3.09. The lowest BCUT2D eigenvalue weighted by molar-refractivity contribution is 0.171. The number of aryl methyl sites for hydroxylation is 1. The molecule has 0 spiro atoms. The van der Waals surface area contributed by atoms with Gasteiger partial charge < -0.3 is 19.2 Å². The maximum Gasteiger partial charge on any atom is 0.194 e. The molecule has 5 nitrogen and oxygen atoms in total. The van der Waals surface area contributed by atoms with Crippen molar-refractivity contribution in [3.8, 4) is 22.8 Å². The molecule has 0 radical (unpaired) electrons. The van der Waals surface area contributed by atoms with E-state index < -0.39 is 0 Å². The fraction of sp³-hybridized carbons (Fsp3) is 0.400. The standard InChI is InChI=1S/C15H18N2O3/c1-16-6-2-3-15-17-10-14(20-15)11-4-5-12-13(9-11)19-8-7-18-12/h4-5,9-10,16H,2-3,6-8H2,1H3. The lowest BCUT2D eigenvalue weighted by Crippen LogP contribution is -2.15. The van der Waals surface area contributed by atoms with Crippen LogP contribution in [0.1, 0.15) is 12.3 Å². The maximum atomic E-state index is 5.77. The first-order valence-corrected chi connectivity index (χ1v) is 6.86. The van der Waals surface area contributed by atoms with Gasteiger partial charge in [0, 0.05) is 12.0 Å². The zero-order valence-electron chi connectivity index (χ0n) is 11.5. The van der Waals surface area contributed by atoms with E-state index in [2.05, 4.69) is 10.3 Å². The molecule has 0 saturated heterocycles. The number of fused-ring (bicyclic) bond motifs is 1. The average Bonchev–Trinajstić information content (AvgIpc) is 2.96. The molecule has 0 bridgehead atoms. The second-order valence-corrected chi connectivity index (χ2v) is 4.68. The number of rotatable bonds is 5. The number of ether oxygens (including phenoxy) is 2. The minimum atomic E-state index is 0.585. The van der Waals surface area contributed by atoms with Crippen LogP contribution in [-0.2, 0) is 6.42 Å². The topological polar surface area (TPSA) is 56.5 Å². The molecule has 0 atom stereocenters. The van der Waals surface area contributed by atoms with Crippen LogP contribution in [0.2, 0.25) is 0 Å². The number of hydrogen-bond donors (Lipinski definition) is 1. The van der Waals surface area contributed by atoms with Gasteiger partial charge in [-0.05, 0) is 38.2 Å². The largest absolute Gasteiger partial charge is 0.486 e. The summed E-state index contributed by atoms with van der Waals surface area (Å²) in [7, 11) is 1.94. The minimum absolute atomic E-state index is 0.585. The van der Waals surface area contributed by atoms with Crippen LogP contribution in [-0.4, -0.2) is 31.8 Å². The first kappa shape index (κ1) is 13.0. The Bertz CT molecular complexity index is 580. The molecule has 1 aromatic heterocycles. The lowest BCUT2D eigenvalue weighted by atomic mass is 10.1. The van der Waals surface area contributed by atoms with Crippen molar-refractivity contribution in [2.24, 2.45) is 0 Å². The van der Waals surface area contributed by atoms with E-state index in [1.807, 2.05) is 25.2 Å². The SMILES string of the molecule is CNCCCc1ncc(-c2ccc3c(c2)OCCO3)o1. The van der Waals surface area contributed by atoms with E-state index >= 15 is 0 Å². The molecule has 5 heteroatoms. The number of aromatic nitrogens is 1. The molecule has 0 amide bonds. The van der Waals surface area contributed by atoms with Crippen molar-refractivity contribution >= 4 is 0 Å². The van der Waals surface area contributed by atoms with Gasteiger partial charge in [0.1, 0.15) is 13.2 Å². The molecule has 1 N–H and O–H groups in total. The molecule has 1 aromatic carbocycles. The molecule has 0 saturated carbocycles. The summed E-state index contributed by atoms with van der Waals surface area (Å²) in [5, 5.41) is 3.11. The second kappa shape index (κ2) is 5.96. The average molecular weight is 274 g/mol. The molecular formula is C15H18N2O3. The van der Waals surface area contributed by atoms with Crippen molar-refractivity contribution in [1.29, 1.82) is 0 Å². The molecule has 3 rings (SSSR count). The van der Waals surface area contributed by atoms with Crippen LogP contribution in [0.15, 0.2) is 28.8 Å². The minimum Gasteiger partial charge on any atom is -0.486 e. The molecule has 20 heavy (non-hydrogen) atoms. The predicted molar refractivity (Wildman–Crippen MR) is 75.2 cm³/mol. The Morgan fingerprint density at radius 3 is 2.90 bits per heavy atom. The van der Waals surface area contributed by atoms with Crippen molar-refractivity contribution in [3.05, 3.63) is 30.3 Å². The first-order valence-electron chi connectivity index (χ1n) is 6.86. The van der Waals surface area contributed by atoms with Crippen molar-refractivity contribution in [3.63, 3.8) is 0 Å². The summed E-state index contributed by atoms with van der Waals surface area (Å²) in [6, 6.07) is 5.81. The molecule has 2 aromatic rings. The van der Waals surface area contributed by atoms with Crippen LogP contribution in [0, 0.1) is 0 Å². The Morgan fingerprint density at radius 1 is 1.20 bits per heavy atom. The third-order valence-corrected chi connectivity index (χ3v) is 3.20. The highest BCUT2D eigenvalue weighted by atomic mass is 16.6. The van der Waals surface area contributed by atoms with Gasteiger partial charge in [-0.3, -0.25) is 0 Å². The van der Waals surface area contributed by atoms with Gasteiger partial charge in [0.25, 0.3) is 0 Å². The zero-order valence-corrected chi connectivity index (χ0v) is 11.5. The summed E-state index contributed by atoms with van der Waals surface area (Å²) in [4.78, 5) is 4.31. The van der Waals surface area contributed by atoms with E-state index in [9.17, 15) is 0 Å². The molecular weight excluding hydrogens is 256 g/mol. The van der Waals surface area contributed by atoms with Gasteiger partial charge in [0.2, 0.25) is 0 Å². The normalized spacial score (nSPS) is 13.4. The summed E-state index contributed by atoms with van der Waals surface area (Å²) >= 11 is 0. The monoisotopic (exact) mass is 274 g/mol. The number of nitrogens with one attached hydrogen (secondary N) is 1. The molecule has 1 aliphatic rings. The lowest BCUT2D eigenvalue weighted by Gasteiger charge is -2.18. The van der Waals surface area contributed by atoms with Gasteiger partial charge in [0.05, 0.1) is 6.20 Å². The van der Waals surface area contributed by atoms with E-state index in [0.29, 0.717) is 13.2 Å². The third-order valence-electron chi connectivity index (χ3n) is 3.20. The predicted octanol–water partition coefficient (Wildman–Crippen LogP) is 2.26. The Labute approximate surface area is 117 Å². The van der Waals surface area contributed by atoms with E-state index in [1.165, 1.54) is 0 Å². The second-order valence-electron chi connectivity index (χ2n) is 4.68. The number of nitrogens with zero attached hydrogens (tertiary/aromatic N) is 1.